The van der Waals surface area contributed by atoms with Gasteiger partial charge < -0.3 is 11.1 Å². The summed E-state index contributed by atoms with van der Waals surface area (Å²) < 4.78 is 1.09. The Morgan fingerprint density at radius 1 is 1.53 bits per heavy atom. The van der Waals surface area contributed by atoms with Gasteiger partial charge >= 0.3 is 0 Å². The van der Waals surface area contributed by atoms with Gasteiger partial charge in [-0.3, -0.25) is 4.79 Å². The molecule has 3 N–H and O–H groups in total. The van der Waals surface area contributed by atoms with Crippen molar-refractivity contribution >= 4 is 21.8 Å². The second-order valence-corrected chi connectivity index (χ2v) is 6.32. The van der Waals surface area contributed by atoms with E-state index >= 15 is 0 Å². The summed E-state index contributed by atoms with van der Waals surface area (Å²) in [5, 5.41) is 3.01. The van der Waals surface area contributed by atoms with Crippen LogP contribution in [0, 0.1) is 0 Å². The molecule has 1 fully saturated rings. The maximum atomic E-state index is 11.9. The smallest absolute Gasteiger partial charge is 0.236 e. The minimum atomic E-state index is -0.372. The third-order valence-corrected chi connectivity index (χ3v) is 4.32. The van der Waals surface area contributed by atoms with Gasteiger partial charge in [-0.1, -0.05) is 41.4 Å². The third kappa shape index (κ3) is 3.57. The molecule has 0 heterocycles. The number of hydrogen-bond donors (Lipinski definition) is 2. The first-order chi connectivity index (χ1) is 9.07. The molecular formula is C15H21BrN2O. The maximum absolute atomic E-state index is 11.9. The van der Waals surface area contributed by atoms with Crippen molar-refractivity contribution in [3.8, 4) is 0 Å². The Bertz CT molecular complexity index is 457. The van der Waals surface area contributed by atoms with E-state index in [2.05, 4.69) is 33.4 Å². The van der Waals surface area contributed by atoms with Gasteiger partial charge in [-0.15, -0.1) is 0 Å². The molecule has 19 heavy (non-hydrogen) atoms. The Balaban J connectivity index is 1.94. The van der Waals surface area contributed by atoms with E-state index in [0.29, 0.717) is 6.54 Å². The number of benzene rings is 1. The Morgan fingerprint density at radius 3 is 2.84 bits per heavy atom. The first-order valence-electron chi connectivity index (χ1n) is 6.87. The van der Waals surface area contributed by atoms with Gasteiger partial charge in [0.05, 0.1) is 6.04 Å². The lowest BCUT2D eigenvalue weighted by Gasteiger charge is -2.18. The van der Waals surface area contributed by atoms with Crippen LogP contribution in [0.5, 0.6) is 0 Å². The average molecular weight is 325 g/mol. The van der Waals surface area contributed by atoms with Crippen LogP contribution in [0.2, 0.25) is 0 Å². The topological polar surface area (TPSA) is 55.1 Å². The van der Waals surface area contributed by atoms with Crippen molar-refractivity contribution in [2.24, 2.45) is 5.73 Å². The number of carbonyl (C=O) groups is 1. The molecule has 0 radical (unpaired) electrons. The minimum absolute atomic E-state index is 0.0249. The van der Waals surface area contributed by atoms with Gasteiger partial charge in [-0.25, -0.2) is 0 Å². The normalized spacial score (nSPS) is 17.8. The lowest BCUT2D eigenvalue weighted by molar-refractivity contribution is -0.122. The standard InChI is InChI=1S/C15H21BrN2O/c1-2-4-13(17)14(19)18-10-15(7-8-15)11-5-3-6-12(16)9-11/h3,5-6,9,13H,2,4,7-8,10,17H2,1H3,(H,18,19). The summed E-state index contributed by atoms with van der Waals surface area (Å²) in [5.74, 6) is -0.0249. The van der Waals surface area contributed by atoms with Crippen LogP contribution >= 0.6 is 15.9 Å². The monoisotopic (exact) mass is 324 g/mol. The van der Waals surface area contributed by atoms with Crippen LogP contribution < -0.4 is 11.1 Å². The predicted octanol–water partition coefficient (Wildman–Crippen LogP) is 2.72. The van der Waals surface area contributed by atoms with E-state index in [-0.39, 0.29) is 17.4 Å². The fourth-order valence-electron chi connectivity index (χ4n) is 2.37. The lowest BCUT2D eigenvalue weighted by atomic mass is 9.96. The molecular weight excluding hydrogens is 304 g/mol. The van der Waals surface area contributed by atoms with Crippen molar-refractivity contribution in [2.75, 3.05) is 6.54 Å². The molecule has 0 aromatic heterocycles. The number of nitrogens with two attached hydrogens (primary N) is 1. The van der Waals surface area contributed by atoms with Crippen molar-refractivity contribution in [3.05, 3.63) is 34.3 Å². The minimum Gasteiger partial charge on any atom is -0.354 e. The number of rotatable bonds is 6. The Labute approximate surface area is 123 Å². The highest BCUT2D eigenvalue weighted by atomic mass is 79.9. The van der Waals surface area contributed by atoms with Gasteiger partial charge in [-0.05, 0) is 37.0 Å². The van der Waals surface area contributed by atoms with Crippen molar-refractivity contribution in [1.29, 1.82) is 0 Å². The van der Waals surface area contributed by atoms with Gasteiger partial charge in [0.1, 0.15) is 0 Å². The molecule has 1 saturated carbocycles. The van der Waals surface area contributed by atoms with Crippen LogP contribution in [0.4, 0.5) is 0 Å². The Kier molecular flexibility index (Phi) is 4.63. The summed E-state index contributed by atoms with van der Waals surface area (Å²) in [5.41, 5.74) is 7.25. The molecule has 1 aromatic rings. The summed E-state index contributed by atoms with van der Waals surface area (Å²) in [4.78, 5) is 11.9. The molecule has 1 atom stereocenters. The summed E-state index contributed by atoms with van der Waals surface area (Å²) in [6, 6.07) is 7.98. The molecule has 0 saturated heterocycles. The molecule has 104 valence electrons. The highest BCUT2D eigenvalue weighted by Crippen LogP contribution is 2.48. The van der Waals surface area contributed by atoms with E-state index in [4.69, 9.17) is 5.73 Å². The summed E-state index contributed by atoms with van der Waals surface area (Å²) in [7, 11) is 0. The molecule has 1 aromatic carbocycles. The third-order valence-electron chi connectivity index (χ3n) is 3.83. The molecule has 1 unspecified atom stereocenters. The van der Waals surface area contributed by atoms with E-state index in [9.17, 15) is 4.79 Å². The average Bonchev–Trinajstić information content (AvgIpc) is 3.17. The molecule has 3 nitrogen and oxygen atoms in total. The SMILES string of the molecule is CCCC(N)C(=O)NCC1(c2cccc(Br)c2)CC1. The van der Waals surface area contributed by atoms with Crippen LogP contribution in [-0.4, -0.2) is 18.5 Å². The van der Waals surface area contributed by atoms with Crippen LogP contribution in [0.3, 0.4) is 0 Å². The summed E-state index contributed by atoms with van der Waals surface area (Å²) in [6.07, 6.45) is 3.95. The first-order valence-corrected chi connectivity index (χ1v) is 7.66. The number of hydrogen-bond acceptors (Lipinski definition) is 2. The van der Waals surface area contributed by atoms with Crippen LogP contribution in [0.15, 0.2) is 28.7 Å². The zero-order valence-corrected chi connectivity index (χ0v) is 12.9. The number of carbonyl (C=O) groups excluding carboxylic acids is 1. The quantitative estimate of drug-likeness (QED) is 0.845. The molecule has 1 amide bonds. The van der Waals surface area contributed by atoms with Crippen molar-refractivity contribution in [1.82, 2.24) is 5.32 Å². The van der Waals surface area contributed by atoms with Crippen molar-refractivity contribution < 1.29 is 4.79 Å². The van der Waals surface area contributed by atoms with E-state index in [1.165, 1.54) is 5.56 Å². The van der Waals surface area contributed by atoms with E-state index in [1.54, 1.807) is 0 Å². The van der Waals surface area contributed by atoms with Crippen molar-refractivity contribution in [3.63, 3.8) is 0 Å². The van der Waals surface area contributed by atoms with Crippen LogP contribution in [-0.2, 0) is 10.2 Å². The fraction of sp³-hybridized carbons (Fsp3) is 0.533. The van der Waals surface area contributed by atoms with Crippen LogP contribution in [0.1, 0.15) is 38.2 Å². The highest BCUT2D eigenvalue weighted by molar-refractivity contribution is 9.10. The van der Waals surface area contributed by atoms with Gasteiger partial charge in [0.2, 0.25) is 5.91 Å². The molecule has 1 aliphatic carbocycles. The van der Waals surface area contributed by atoms with E-state index in [1.807, 2.05) is 19.1 Å². The Hall–Kier alpha value is -0.870. The zero-order valence-electron chi connectivity index (χ0n) is 11.3. The summed E-state index contributed by atoms with van der Waals surface area (Å²) in [6.45, 7) is 2.73. The largest absolute Gasteiger partial charge is 0.354 e. The summed E-state index contributed by atoms with van der Waals surface area (Å²) >= 11 is 3.50. The Morgan fingerprint density at radius 2 is 2.26 bits per heavy atom. The van der Waals surface area contributed by atoms with Gasteiger partial charge in [0.15, 0.2) is 0 Å². The molecule has 0 aliphatic heterocycles. The zero-order chi connectivity index (χ0) is 13.9. The molecule has 0 bridgehead atoms. The molecule has 0 spiro atoms. The highest BCUT2D eigenvalue weighted by Gasteiger charge is 2.44. The second kappa shape index (κ2) is 6.06. The predicted molar refractivity (Wildman–Crippen MR) is 80.9 cm³/mol. The van der Waals surface area contributed by atoms with Crippen LogP contribution in [0.25, 0.3) is 0 Å². The number of nitrogens with one attached hydrogen (secondary N) is 1. The van der Waals surface area contributed by atoms with Crippen molar-refractivity contribution in [2.45, 2.75) is 44.1 Å². The first kappa shape index (κ1) is 14.5. The lowest BCUT2D eigenvalue weighted by Crippen LogP contribution is -2.43. The number of halogens is 1. The van der Waals surface area contributed by atoms with E-state index in [0.717, 1.165) is 30.2 Å². The molecule has 1 aliphatic rings. The maximum Gasteiger partial charge on any atom is 0.236 e. The van der Waals surface area contributed by atoms with Gasteiger partial charge in [-0.2, -0.15) is 0 Å². The van der Waals surface area contributed by atoms with E-state index < -0.39 is 0 Å². The van der Waals surface area contributed by atoms with Gasteiger partial charge in [0.25, 0.3) is 0 Å². The molecule has 4 heteroatoms. The van der Waals surface area contributed by atoms with Gasteiger partial charge in [0, 0.05) is 16.4 Å². The fourth-order valence-corrected chi connectivity index (χ4v) is 2.77. The second-order valence-electron chi connectivity index (χ2n) is 5.40. The molecule has 2 rings (SSSR count). The number of amides is 1.